The Kier molecular flexibility index (Phi) is 6.34. The highest BCUT2D eigenvalue weighted by Crippen LogP contribution is 2.40. The number of aromatic nitrogens is 1. The molecule has 2 heterocycles. The number of methoxy groups -OCH3 is 1. The maximum Gasteiger partial charge on any atom is 0.416 e. The molecule has 6 nitrogen and oxygen atoms in total. The first-order valence-corrected chi connectivity index (χ1v) is 11.7. The second-order valence-electron chi connectivity index (χ2n) is 8.04. The lowest BCUT2D eigenvalue weighted by molar-refractivity contribution is -0.0498. The maximum absolute atomic E-state index is 13.3. The number of hydrogen-bond acceptors (Lipinski definition) is 4. The molecule has 0 fully saturated rings. The van der Waals surface area contributed by atoms with Gasteiger partial charge in [0.05, 0.1) is 7.11 Å². The summed E-state index contributed by atoms with van der Waals surface area (Å²) in [4.78, 5) is 18.4. The zero-order chi connectivity index (χ0) is 24.5. The van der Waals surface area contributed by atoms with Crippen molar-refractivity contribution in [3.05, 3.63) is 88.0 Å². The van der Waals surface area contributed by atoms with Crippen LogP contribution in [0.25, 0.3) is 10.9 Å². The van der Waals surface area contributed by atoms with Gasteiger partial charge in [-0.3, -0.25) is 4.90 Å². The fourth-order valence-corrected chi connectivity index (χ4v) is 4.81. The van der Waals surface area contributed by atoms with Crippen LogP contribution in [-0.2, 0) is 6.42 Å². The number of hydrogen-bond donors (Lipinski definition) is 1. The van der Waals surface area contributed by atoms with Crippen molar-refractivity contribution in [3.63, 3.8) is 0 Å². The summed E-state index contributed by atoms with van der Waals surface area (Å²) in [7, 11) is 1.56. The number of carbonyl (C=O) groups excluding carboxylic acids is 1. The smallest absolute Gasteiger partial charge is 0.416 e. The molecule has 1 atom stereocenters. The molecule has 4 aromatic rings. The Balaban J connectivity index is 1.53. The van der Waals surface area contributed by atoms with Crippen LogP contribution in [0, 0.1) is 0 Å². The Morgan fingerprint density at radius 2 is 1.71 bits per heavy atom. The van der Waals surface area contributed by atoms with Crippen molar-refractivity contribution in [3.8, 4) is 17.2 Å². The quantitative estimate of drug-likeness (QED) is 0.305. The summed E-state index contributed by atoms with van der Waals surface area (Å²) in [6.07, 6.45) is 0.121. The number of H-pyrrole nitrogens is 1. The number of fused-ring (bicyclic) bond motifs is 3. The average Bonchev–Trinajstić information content (AvgIpc) is 3.21. The fourth-order valence-electron chi connectivity index (χ4n) is 4.45. The van der Waals surface area contributed by atoms with Crippen LogP contribution < -0.4 is 14.2 Å². The lowest BCUT2D eigenvalue weighted by Crippen LogP contribution is -2.42. The van der Waals surface area contributed by atoms with Crippen molar-refractivity contribution < 1.29 is 27.8 Å². The number of amides is 1. The molecule has 1 amide bonds. The number of alkyl halides is 2. The molecule has 0 saturated carbocycles. The summed E-state index contributed by atoms with van der Waals surface area (Å²) >= 11 is 3.51. The van der Waals surface area contributed by atoms with Crippen LogP contribution in [0.2, 0.25) is 0 Å². The minimum Gasteiger partial charge on any atom is -0.497 e. The molecule has 1 unspecified atom stereocenters. The highest BCUT2D eigenvalue weighted by molar-refractivity contribution is 9.10. The van der Waals surface area contributed by atoms with E-state index in [4.69, 9.17) is 9.47 Å². The molecular weight excluding hydrogens is 522 g/mol. The summed E-state index contributed by atoms with van der Waals surface area (Å²) in [6, 6.07) is 18.6. The molecule has 0 radical (unpaired) electrons. The first-order chi connectivity index (χ1) is 16.9. The van der Waals surface area contributed by atoms with E-state index < -0.39 is 18.7 Å². The van der Waals surface area contributed by atoms with E-state index in [0.717, 1.165) is 32.2 Å². The van der Waals surface area contributed by atoms with Crippen LogP contribution in [0.3, 0.4) is 0 Å². The molecule has 35 heavy (non-hydrogen) atoms. The largest absolute Gasteiger partial charge is 0.497 e. The Bertz CT molecular complexity index is 1360. The van der Waals surface area contributed by atoms with Gasteiger partial charge in [-0.1, -0.05) is 34.1 Å². The second kappa shape index (κ2) is 9.58. The van der Waals surface area contributed by atoms with Crippen LogP contribution in [0.15, 0.2) is 71.2 Å². The molecule has 0 saturated heterocycles. The highest BCUT2D eigenvalue weighted by Gasteiger charge is 2.35. The SMILES string of the molecule is COc1ccc(OC(=O)N2CCc3c([nH]c4cc(Br)ccc34)C2c2ccc(OC(F)F)cc2)cc1. The number of rotatable bonds is 5. The van der Waals surface area contributed by atoms with Crippen molar-refractivity contribution >= 4 is 32.9 Å². The van der Waals surface area contributed by atoms with Gasteiger partial charge >= 0.3 is 12.7 Å². The van der Waals surface area contributed by atoms with Crippen molar-refractivity contribution in [2.24, 2.45) is 0 Å². The zero-order valence-corrected chi connectivity index (χ0v) is 20.2. The molecule has 9 heteroatoms. The normalized spacial score (nSPS) is 15.2. The molecule has 0 spiro atoms. The molecule has 1 aromatic heterocycles. The molecule has 0 aliphatic carbocycles. The van der Waals surface area contributed by atoms with E-state index in [1.807, 2.05) is 18.2 Å². The van der Waals surface area contributed by atoms with E-state index in [2.05, 4.69) is 25.7 Å². The van der Waals surface area contributed by atoms with E-state index in [9.17, 15) is 13.6 Å². The maximum atomic E-state index is 13.3. The van der Waals surface area contributed by atoms with Crippen LogP contribution in [-0.4, -0.2) is 36.2 Å². The first-order valence-electron chi connectivity index (χ1n) is 10.9. The first kappa shape index (κ1) is 23.2. The van der Waals surface area contributed by atoms with E-state index in [-0.39, 0.29) is 5.75 Å². The predicted molar refractivity (Wildman–Crippen MR) is 130 cm³/mol. The number of nitrogens with zero attached hydrogens (tertiary/aromatic N) is 1. The minimum atomic E-state index is -2.91. The van der Waals surface area contributed by atoms with Gasteiger partial charge in [-0.25, -0.2) is 4.79 Å². The third-order valence-electron chi connectivity index (χ3n) is 6.01. The monoisotopic (exact) mass is 542 g/mol. The number of nitrogens with one attached hydrogen (secondary N) is 1. The second-order valence-corrected chi connectivity index (χ2v) is 8.96. The molecular formula is C26H21BrF2N2O4. The molecule has 0 bridgehead atoms. The van der Waals surface area contributed by atoms with Gasteiger partial charge in [0.2, 0.25) is 0 Å². The van der Waals surface area contributed by atoms with Crippen molar-refractivity contribution in [2.75, 3.05) is 13.7 Å². The highest BCUT2D eigenvalue weighted by atomic mass is 79.9. The number of halogens is 3. The van der Waals surface area contributed by atoms with Gasteiger partial charge in [0.25, 0.3) is 0 Å². The summed E-state index contributed by atoms with van der Waals surface area (Å²) in [5.74, 6) is 1.09. The molecule has 1 aliphatic heterocycles. The Morgan fingerprint density at radius 1 is 1.03 bits per heavy atom. The zero-order valence-electron chi connectivity index (χ0n) is 18.6. The van der Waals surface area contributed by atoms with Gasteiger partial charge in [0.1, 0.15) is 23.3 Å². The van der Waals surface area contributed by atoms with Crippen LogP contribution in [0.5, 0.6) is 17.2 Å². The van der Waals surface area contributed by atoms with E-state index >= 15 is 0 Å². The minimum absolute atomic E-state index is 0.0488. The predicted octanol–water partition coefficient (Wildman–Crippen LogP) is 6.69. The van der Waals surface area contributed by atoms with Crippen molar-refractivity contribution in [2.45, 2.75) is 19.1 Å². The lowest BCUT2D eigenvalue weighted by atomic mass is 9.92. The van der Waals surface area contributed by atoms with Crippen LogP contribution in [0.1, 0.15) is 22.9 Å². The average molecular weight is 543 g/mol. The molecule has 1 N–H and O–H groups in total. The number of carbonyl (C=O) groups is 1. The van der Waals surface area contributed by atoms with Crippen molar-refractivity contribution in [1.82, 2.24) is 9.88 Å². The van der Waals surface area contributed by atoms with E-state index in [1.165, 1.54) is 12.1 Å². The fraction of sp³-hybridized carbons (Fsp3) is 0.192. The van der Waals surface area contributed by atoms with E-state index in [1.54, 1.807) is 48.4 Å². The summed E-state index contributed by atoms with van der Waals surface area (Å²) in [5, 5.41) is 1.08. The summed E-state index contributed by atoms with van der Waals surface area (Å²) in [6.45, 7) is -2.49. The number of aromatic amines is 1. The van der Waals surface area contributed by atoms with E-state index in [0.29, 0.717) is 24.5 Å². The Morgan fingerprint density at radius 3 is 2.40 bits per heavy atom. The van der Waals surface area contributed by atoms with Crippen molar-refractivity contribution in [1.29, 1.82) is 0 Å². The lowest BCUT2D eigenvalue weighted by Gasteiger charge is -2.35. The molecule has 1 aliphatic rings. The van der Waals surface area contributed by atoms with Gasteiger partial charge in [-0.2, -0.15) is 8.78 Å². The standard InChI is InChI=1S/C26H21BrF2N2O4/c1-33-17-7-9-19(10-8-17)35-26(32)31-13-12-21-20-11-4-16(27)14-22(20)30-23(21)24(31)15-2-5-18(6-3-15)34-25(28)29/h2-11,14,24-25,30H,12-13H2,1H3. The Labute approximate surface area is 208 Å². The molecule has 180 valence electrons. The Hall–Kier alpha value is -3.59. The van der Waals surface area contributed by atoms with Gasteiger partial charge in [0.15, 0.2) is 0 Å². The van der Waals surface area contributed by atoms with Crippen LogP contribution >= 0.6 is 15.9 Å². The van der Waals surface area contributed by atoms with Crippen LogP contribution in [0.4, 0.5) is 13.6 Å². The third kappa shape index (κ3) is 4.68. The summed E-state index contributed by atoms with van der Waals surface area (Å²) in [5.41, 5.74) is 3.65. The number of benzene rings is 3. The topological polar surface area (TPSA) is 63.8 Å². The van der Waals surface area contributed by atoms with Gasteiger partial charge < -0.3 is 19.2 Å². The number of ether oxygens (including phenoxy) is 3. The molecule has 5 rings (SSSR count). The summed E-state index contributed by atoms with van der Waals surface area (Å²) < 4.78 is 41.5. The van der Waals surface area contributed by atoms with Gasteiger partial charge in [0, 0.05) is 27.6 Å². The van der Waals surface area contributed by atoms with Gasteiger partial charge in [-0.15, -0.1) is 0 Å². The molecule has 3 aromatic carbocycles. The van der Waals surface area contributed by atoms with Gasteiger partial charge in [-0.05, 0) is 66.1 Å². The third-order valence-corrected chi connectivity index (χ3v) is 6.50.